The van der Waals surface area contributed by atoms with E-state index < -0.39 is 0 Å². The molecule has 2 N–H and O–H groups in total. The lowest BCUT2D eigenvalue weighted by molar-refractivity contribution is 0.415. The van der Waals surface area contributed by atoms with Crippen LogP contribution in [0, 0.1) is 0 Å². The summed E-state index contributed by atoms with van der Waals surface area (Å²) in [4.78, 5) is 0. The highest BCUT2D eigenvalue weighted by Gasteiger charge is 2.08. The number of aromatic hydroxyl groups is 1. The van der Waals surface area contributed by atoms with Gasteiger partial charge < -0.3 is 15.2 Å². The Balaban J connectivity index is 2.18. The van der Waals surface area contributed by atoms with E-state index in [-0.39, 0.29) is 11.8 Å². The summed E-state index contributed by atoms with van der Waals surface area (Å²) in [5, 5.41) is 12.7. The molecule has 100 valence electrons. The number of benzene rings is 2. The molecule has 0 fully saturated rings. The van der Waals surface area contributed by atoms with Gasteiger partial charge in [-0.05, 0) is 52.7 Å². The molecule has 0 saturated carbocycles. The van der Waals surface area contributed by atoms with E-state index in [2.05, 4.69) is 28.2 Å². The molecule has 3 nitrogen and oxygen atoms in total. The second-order valence-corrected chi connectivity index (χ2v) is 5.16. The van der Waals surface area contributed by atoms with Crippen LogP contribution in [0.3, 0.4) is 0 Å². The van der Waals surface area contributed by atoms with Crippen molar-refractivity contribution in [3.63, 3.8) is 0 Å². The lowest BCUT2D eigenvalue weighted by Crippen LogP contribution is -2.07. The van der Waals surface area contributed by atoms with E-state index in [0.717, 1.165) is 21.5 Å². The highest BCUT2D eigenvalue weighted by Crippen LogP contribution is 2.30. The smallest absolute Gasteiger partial charge is 0.121 e. The molecule has 0 heterocycles. The largest absolute Gasteiger partial charge is 0.508 e. The fourth-order valence-corrected chi connectivity index (χ4v) is 2.18. The third-order valence-electron chi connectivity index (χ3n) is 2.94. The van der Waals surface area contributed by atoms with E-state index in [1.807, 2.05) is 30.3 Å². The normalized spacial score (nSPS) is 11.9. The van der Waals surface area contributed by atoms with E-state index >= 15 is 0 Å². The van der Waals surface area contributed by atoms with Crippen LogP contribution in [0.25, 0.3) is 0 Å². The molecule has 1 unspecified atom stereocenters. The van der Waals surface area contributed by atoms with E-state index in [1.54, 1.807) is 19.2 Å². The third-order valence-corrected chi connectivity index (χ3v) is 3.63. The summed E-state index contributed by atoms with van der Waals surface area (Å²) < 4.78 is 6.20. The number of ether oxygens (including phenoxy) is 1. The monoisotopic (exact) mass is 321 g/mol. The molecule has 0 aliphatic heterocycles. The average Bonchev–Trinajstić information content (AvgIpc) is 2.42. The van der Waals surface area contributed by atoms with Crippen LogP contribution < -0.4 is 10.1 Å². The molecule has 4 heteroatoms. The summed E-state index contributed by atoms with van der Waals surface area (Å²) in [6.07, 6.45) is 0. The predicted molar refractivity (Wildman–Crippen MR) is 80.8 cm³/mol. The Bertz CT molecular complexity index is 555. The molecular weight excluding hydrogens is 306 g/mol. The van der Waals surface area contributed by atoms with Gasteiger partial charge in [-0.15, -0.1) is 0 Å². The van der Waals surface area contributed by atoms with Crippen molar-refractivity contribution in [1.29, 1.82) is 0 Å². The third kappa shape index (κ3) is 3.41. The number of nitrogens with one attached hydrogen (secondary N) is 1. The topological polar surface area (TPSA) is 41.5 Å². The van der Waals surface area contributed by atoms with Crippen LogP contribution in [0.4, 0.5) is 5.69 Å². The van der Waals surface area contributed by atoms with Crippen LogP contribution in [0.1, 0.15) is 18.5 Å². The van der Waals surface area contributed by atoms with Crippen LogP contribution in [-0.2, 0) is 0 Å². The average molecular weight is 322 g/mol. The van der Waals surface area contributed by atoms with Crippen molar-refractivity contribution in [3.8, 4) is 11.5 Å². The molecule has 2 aromatic carbocycles. The van der Waals surface area contributed by atoms with Gasteiger partial charge in [-0.2, -0.15) is 0 Å². The highest BCUT2D eigenvalue weighted by molar-refractivity contribution is 9.10. The van der Waals surface area contributed by atoms with Crippen LogP contribution in [-0.4, -0.2) is 12.2 Å². The molecule has 1 atom stereocenters. The number of hydrogen-bond acceptors (Lipinski definition) is 3. The second kappa shape index (κ2) is 5.97. The molecule has 19 heavy (non-hydrogen) atoms. The van der Waals surface area contributed by atoms with Gasteiger partial charge in [-0.25, -0.2) is 0 Å². The maximum Gasteiger partial charge on any atom is 0.121 e. The van der Waals surface area contributed by atoms with E-state index in [0.29, 0.717) is 0 Å². The first-order chi connectivity index (χ1) is 9.10. The minimum atomic E-state index is 0.129. The number of phenols is 1. The molecule has 0 aromatic heterocycles. The number of phenolic OH excluding ortho intramolecular Hbond substituents is 1. The fraction of sp³-hybridized carbons (Fsp3) is 0.200. The van der Waals surface area contributed by atoms with Crippen LogP contribution in [0.15, 0.2) is 46.9 Å². The molecule has 2 rings (SSSR count). The van der Waals surface area contributed by atoms with Crippen LogP contribution in [0.5, 0.6) is 11.5 Å². The maximum absolute atomic E-state index is 9.30. The van der Waals surface area contributed by atoms with Crippen molar-refractivity contribution in [3.05, 3.63) is 52.5 Å². The van der Waals surface area contributed by atoms with Gasteiger partial charge in [0.1, 0.15) is 11.5 Å². The molecule has 0 saturated heterocycles. The first kappa shape index (κ1) is 13.7. The van der Waals surface area contributed by atoms with Crippen LogP contribution in [0.2, 0.25) is 0 Å². The summed E-state index contributed by atoms with van der Waals surface area (Å²) in [5.41, 5.74) is 2.08. The van der Waals surface area contributed by atoms with Gasteiger partial charge in [0.25, 0.3) is 0 Å². The van der Waals surface area contributed by atoms with Gasteiger partial charge in [-0.3, -0.25) is 0 Å². The molecule has 0 radical (unpaired) electrons. The van der Waals surface area contributed by atoms with Gasteiger partial charge >= 0.3 is 0 Å². The van der Waals surface area contributed by atoms with Gasteiger partial charge in [0.05, 0.1) is 12.8 Å². The standard InChI is InChI=1S/C15H16BrNO2/c1-10(11-3-5-12(18)6-4-11)17-15-9-13(19-2)7-8-14(15)16/h3-10,17-18H,1-2H3. The minimum Gasteiger partial charge on any atom is -0.508 e. The number of halogens is 1. The van der Waals surface area contributed by atoms with Crippen molar-refractivity contribution in [2.75, 3.05) is 12.4 Å². The Morgan fingerprint density at radius 2 is 1.84 bits per heavy atom. The lowest BCUT2D eigenvalue weighted by atomic mass is 10.1. The molecule has 2 aromatic rings. The van der Waals surface area contributed by atoms with Gasteiger partial charge in [0.15, 0.2) is 0 Å². The summed E-state index contributed by atoms with van der Waals surface area (Å²) in [5.74, 6) is 1.09. The van der Waals surface area contributed by atoms with E-state index in [4.69, 9.17) is 4.74 Å². The summed E-state index contributed by atoms with van der Waals surface area (Å²) in [6, 6.07) is 13.1. The lowest BCUT2D eigenvalue weighted by Gasteiger charge is -2.17. The van der Waals surface area contributed by atoms with Crippen molar-refractivity contribution in [2.45, 2.75) is 13.0 Å². The Morgan fingerprint density at radius 3 is 2.47 bits per heavy atom. The molecule has 0 spiro atoms. The number of methoxy groups -OCH3 is 1. The van der Waals surface area contributed by atoms with E-state index in [9.17, 15) is 5.11 Å². The first-order valence-electron chi connectivity index (χ1n) is 5.99. The first-order valence-corrected chi connectivity index (χ1v) is 6.78. The molecular formula is C15H16BrNO2. The minimum absolute atomic E-state index is 0.129. The quantitative estimate of drug-likeness (QED) is 0.880. The number of anilines is 1. The summed E-state index contributed by atoms with van der Waals surface area (Å²) in [7, 11) is 1.65. The number of hydrogen-bond donors (Lipinski definition) is 2. The van der Waals surface area contributed by atoms with Crippen molar-refractivity contribution in [2.24, 2.45) is 0 Å². The van der Waals surface area contributed by atoms with Gasteiger partial charge in [0.2, 0.25) is 0 Å². The zero-order chi connectivity index (χ0) is 13.8. The highest BCUT2D eigenvalue weighted by atomic mass is 79.9. The fourth-order valence-electron chi connectivity index (χ4n) is 1.82. The Labute approximate surface area is 121 Å². The second-order valence-electron chi connectivity index (χ2n) is 4.30. The van der Waals surface area contributed by atoms with Gasteiger partial charge in [0, 0.05) is 16.6 Å². The summed E-state index contributed by atoms with van der Waals surface area (Å²) >= 11 is 3.51. The van der Waals surface area contributed by atoms with Crippen molar-refractivity contribution >= 4 is 21.6 Å². The molecule has 0 amide bonds. The predicted octanol–water partition coefficient (Wildman–Crippen LogP) is 4.34. The zero-order valence-electron chi connectivity index (χ0n) is 10.9. The molecule has 0 aliphatic rings. The molecule has 0 aliphatic carbocycles. The van der Waals surface area contributed by atoms with Crippen molar-refractivity contribution in [1.82, 2.24) is 0 Å². The van der Waals surface area contributed by atoms with Crippen molar-refractivity contribution < 1.29 is 9.84 Å². The Kier molecular flexibility index (Phi) is 4.32. The van der Waals surface area contributed by atoms with Gasteiger partial charge in [-0.1, -0.05) is 12.1 Å². The maximum atomic E-state index is 9.30. The van der Waals surface area contributed by atoms with Crippen LogP contribution >= 0.6 is 15.9 Å². The number of rotatable bonds is 4. The Morgan fingerprint density at radius 1 is 1.16 bits per heavy atom. The summed E-state index contributed by atoms with van der Waals surface area (Å²) in [6.45, 7) is 2.07. The molecule has 0 bridgehead atoms. The zero-order valence-corrected chi connectivity index (χ0v) is 12.4. The SMILES string of the molecule is COc1ccc(Br)c(NC(C)c2ccc(O)cc2)c1. The Hall–Kier alpha value is -1.68. The van der Waals surface area contributed by atoms with E-state index in [1.165, 1.54) is 0 Å².